The van der Waals surface area contributed by atoms with Crippen molar-refractivity contribution in [3.63, 3.8) is 0 Å². The van der Waals surface area contributed by atoms with Crippen molar-refractivity contribution in [2.24, 2.45) is 5.92 Å². The zero-order valence-electron chi connectivity index (χ0n) is 7.90. The summed E-state index contributed by atoms with van der Waals surface area (Å²) >= 11 is 0. The molecule has 1 heterocycles. The SMILES string of the molecule is CC1(C)C(C(O)CO)CCS1(=O)=O. The molecule has 0 radical (unpaired) electrons. The summed E-state index contributed by atoms with van der Waals surface area (Å²) in [4.78, 5) is 0. The molecule has 0 spiro atoms. The molecule has 0 aromatic carbocycles. The van der Waals surface area contributed by atoms with Crippen LogP contribution >= 0.6 is 0 Å². The van der Waals surface area contributed by atoms with E-state index in [1.807, 2.05) is 0 Å². The Morgan fingerprint density at radius 1 is 1.54 bits per heavy atom. The number of hydrogen-bond acceptors (Lipinski definition) is 4. The number of aliphatic hydroxyl groups is 2. The Labute approximate surface area is 78.5 Å². The lowest BCUT2D eigenvalue weighted by Crippen LogP contribution is -2.41. The van der Waals surface area contributed by atoms with Gasteiger partial charge in [-0.2, -0.15) is 0 Å². The third-order valence-electron chi connectivity index (χ3n) is 3.04. The van der Waals surface area contributed by atoms with E-state index in [1.165, 1.54) is 0 Å². The Bertz CT molecular complexity index is 281. The molecule has 0 aromatic rings. The highest BCUT2D eigenvalue weighted by molar-refractivity contribution is 7.93. The Balaban J connectivity index is 2.95. The standard InChI is InChI=1S/C8H16O4S/c1-8(2)6(7(10)5-9)3-4-13(8,11)12/h6-7,9-10H,3-5H2,1-2H3. The van der Waals surface area contributed by atoms with Crippen LogP contribution in [-0.2, 0) is 9.84 Å². The Morgan fingerprint density at radius 3 is 2.38 bits per heavy atom. The molecule has 0 saturated carbocycles. The van der Waals surface area contributed by atoms with E-state index >= 15 is 0 Å². The van der Waals surface area contributed by atoms with E-state index in [2.05, 4.69) is 0 Å². The van der Waals surface area contributed by atoms with Crippen molar-refractivity contribution in [3.05, 3.63) is 0 Å². The second-order valence-electron chi connectivity index (χ2n) is 4.07. The van der Waals surface area contributed by atoms with Crippen LogP contribution in [0.3, 0.4) is 0 Å². The van der Waals surface area contributed by atoms with Gasteiger partial charge in [0.2, 0.25) is 0 Å². The zero-order valence-corrected chi connectivity index (χ0v) is 8.71. The molecule has 4 nitrogen and oxygen atoms in total. The van der Waals surface area contributed by atoms with E-state index in [-0.39, 0.29) is 18.3 Å². The van der Waals surface area contributed by atoms with Crippen LogP contribution in [0.5, 0.6) is 0 Å². The summed E-state index contributed by atoms with van der Waals surface area (Å²) in [6.45, 7) is 2.85. The minimum Gasteiger partial charge on any atom is -0.394 e. The maximum absolute atomic E-state index is 11.5. The fourth-order valence-electron chi connectivity index (χ4n) is 1.91. The van der Waals surface area contributed by atoms with E-state index in [1.54, 1.807) is 13.8 Å². The van der Waals surface area contributed by atoms with Gasteiger partial charge in [0.25, 0.3) is 0 Å². The third-order valence-corrected chi connectivity index (χ3v) is 5.72. The average molecular weight is 208 g/mol. The lowest BCUT2D eigenvalue weighted by molar-refractivity contribution is 0.0372. The van der Waals surface area contributed by atoms with E-state index in [0.717, 1.165) is 0 Å². The first-order valence-electron chi connectivity index (χ1n) is 4.34. The number of aliphatic hydroxyl groups excluding tert-OH is 2. The molecule has 1 aliphatic heterocycles. The number of rotatable bonds is 2. The lowest BCUT2D eigenvalue weighted by Gasteiger charge is -2.28. The fourth-order valence-corrected chi connectivity index (χ4v) is 3.73. The molecule has 1 fully saturated rings. The van der Waals surface area contributed by atoms with Gasteiger partial charge in [-0.25, -0.2) is 8.42 Å². The number of sulfone groups is 1. The zero-order chi connectivity index (χ0) is 10.3. The molecule has 78 valence electrons. The molecule has 1 aliphatic rings. The summed E-state index contributed by atoms with van der Waals surface area (Å²) in [5.74, 6) is -0.232. The molecule has 0 amide bonds. The van der Waals surface area contributed by atoms with Crippen LogP contribution in [0.2, 0.25) is 0 Å². The van der Waals surface area contributed by atoms with Gasteiger partial charge in [0.05, 0.1) is 23.2 Å². The first-order chi connectivity index (χ1) is 5.83. The van der Waals surface area contributed by atoms with Gasteiger partial charge in [0, 0.05) is 5.92 Å². The second kappa shape index (κ2) is 3.22. The summed E-state index contributed by atoms with van der Waals surface area (Å²) in [6.07, 6.45) is -0.482. The van der Waals surface area contributed by atoms with Crippen molar-refractivity contribution in [3.8, 4) is 0 Å². The second-order valence-corrected chi connectivity index (χ2v) is 6.76. The Morgan fingerprint density at radius 2 is 2.08 bits per heavy atom. The fraction of sp³-hybridized carbons (Fsp3) is 1.00. The van der Waals surface area contributed by atoms with Crippen molar-refractivity contribution in [2.45, 2.75) is 31.1 Å². The topological polar surface area (TPSA) is 74.6 Å². The molecular formula is C8H16O4S. The molecular weight excluding hydrogens is 192 g/mol. The molecule has 13 heavy (non-hydrogen) atoms. The van der Waals surface area contributed by atoms with Crippen LogP contribution in [0.15, 0.2) is 0 Å². The summed E-state index contributed by atoms with van der Waals surface area (Å²) < 4.78 is 22.1. The van der Waals surface area contributed by atoms with Crippen LogP contribution in [0, 0.1) is 5.92 Å². The molecule has 0 bridgehead atoms. The molecule has 2 unspecified atom stereocenters. The molecule has 2 atom stereocenters. The first kappa shape index (κ1) is 10.9. The van der Waals surface area contributed by atoms with Crippen molar-refractivity contribution in [2.75, 3.05) is 12.4 Å². The van der Waals surface area contributed by atoms with Crippen molar-refractivity contribution >= 4 is 9.84 Å². The molecule has 0 aliphatic carbocycles. The quantitative estimate of drug-likeness (QED) is 0.644. The van der Waals surface area contributed by atoms with Crippen molar-refractivity contribution < 1.29 is 18.6 Å². The molecule has 1 saturated heterocycles. The Hall–Kier alpha value is -0.130. The van der Waals surface area contributed by atoms with Crippen LogP contribution in [0.4, 0.5) is 0 Å². The highest BCUT2D eigenvalue weighted by Crippen LogP contribution is 2.38. The van der Waals surface area contributed by atoms with Crippen LogP contribution < -0.4 is 0 Å². The van der Waals surface area contributed by atoms with Gasteiger partial charge < -0.3 is 10.2 Å². The van der Waals surface area contributed by atoms with Gasteiger partial charge in [-0.3, -0.25) is 0 Å². The lowest BCUT2D eigenvalue weighted by atomic mass is 9.88. The van der Waals surface area contributed by atoms with Gasteiger partial charge in [-0.05, 0) is 20.3 Å². The van der Waals surface area contributed by atoms with Gasteiger partial charge in [-0.1, -0.05) is 0 Å². The summed E-state index contributed by atoms with van der Waals surface area (Å²) in [7, 11) is -3.10. The van der Waals surface area contributed by atoms with Gasteiger partial charge >= 0.3 is 0 Å². The molecule has 1 rings (SSSR count). The minimum atomic E-state index is -3.10. The van der Waals surface area contributed by atoms with Crippen LogP contribution in [-0.4, -0.2) is 41.8 Å². The highest BCUT2D eigenvalue weighted by atomic mass is 32.2. The largest absolute Gasteiger partial charge is 0.394 e. The predicted molar refractivity (Wildman–Crippen MR) is 49.1 cm³/mol. The van der Waals surface area contributed by atoms with Gasteiger partial charge in [0.1, 0.15) is 0 Å². The molecule has 5 heteroatoms. The van der Waals surface area contributed by atoms with Gasteiger partial charge in [0.15, 0.2) is 9.84 Å². The van der Waals surface area contributed by atoms with E-state index in [9.17, 15) is 13.5 Å². The predicted octanol–water partition coefficient (Wildman–Crippen LogP) is -0.447. The van der Waals surface area contributed by atoms with E-state index < -0.39 is 20.7 Å². The normalized spacial score (nSPS) is 33.1. The summed E-state index contributed by atoms with van der Waals surface area (Å²) in [6, 6.07) is 0. The van der Waals surface area contributed by atoms with Crippen LogP contribution in [0.25, 0.3) is 0 Å². The van der Waals surface area contributed by atoms with E-state index in [4.69, 9.17) is 5.11 Å². The van der Waals surface area contributed by atoms with Crippen molar-refractivity contribution in [1.82, 2.24) is 0 Å². The summed E-state index contributed by atoms with van der Waals surface area (Å²) in [5.41, 5.74) is 0. The van der Waals surface area contributed by atoms with Crippen LogP contribution in [0.1, 0.15) is 20.3 Å². The third kappa shape index (κ3) is 1.60. The minimum absolute atomic E-state index is 0.113. The smallest absolute Gasteiger partial charge is 0.155 e. The first-order valence-corrected chi connectivity index (χ1v) is 5.99. The molecule has 0 aromatic heterocycles. The van der Waals surface area contributed by atoms with Crippen molar-refractivity contribution in [1.29, 1.82) is 0 Å². The number of hydrogen-bond donors (Lipinski definition) is 2. The van der Waals surface area contributed by atoms with Gasteiger partial charge in [-0.15, -0.1) is 0 Å². The molecule has 2 N–H and O–H groups in total. The monoisotopic (exact) mass is 208 g/mol. The maximum Gasteiger partial charge on any atom is 0.155 e. The summed E-state index contributed by atoms with van der Waals surface area (Å²) in [5, 5.41) is 18.2. The average Bonchev–Trinajstić information content (AvgIpc) is 2.22. The Kier molecular flexibility index (Phi) is 2.71. The highest BCUT2D eigenvalue weighted by Gasteiger charge is 2.49. The maximum atomic E-state index is 11.5. The van der Waals surface area contributed by atoms with E-state index in [0.29, 0.717) is 6.42 Å².